The minimum Gasteiger partial charge on any atom is -0.441 e. The zero-order valence-corrected chi connectivity index (χ0v) is 10.6. The molecule has 0 fully saturated rings. The third-order valence-corrected chi connectivity index (χ3v) is 3.11. The quantitative estimate of drug-likeness (QED) is 0.711. The number of hydrogen-bond donors (Lipinski definition) is 1. The summed E-state index contributed by atoms with van der Waals surface area (Å²) in [6.07, 6.45) is 0. The van der Waals surface area contributed by atoms with E-state index in [1.807, 2.05) is 39.1 Å². The van der Waals surface area contributed by atoms with Crippen molar-refractivity contribution in [3.63, 3.8) is 0 Å². The lowest BCUT2D eigenvalue weighted by atomic mass is 10.1. The smallest absolute Gasteiger partial charge is 0.192 e. The molecule has 0 saturated carbocycles. The first kappa shape index (κ1) is 10.8. The van der Waals surface area contributed by atoms with Gasteiger partial charge in [0.2, 0.25) is 0 Å². The highest BCUT2D eigenvalue weighted by Crippen LogP contribution is 2.28. The minimum atomic E-state index is 0.666. The molecule has 3 aromatic rings. The monoisotopic (exact) mass is 242 g/mol. The number of benzene rings is 1. The van der Waals surface area contributed by atoms with Crippen molar-refractivity contribution in [3.05, 3.63) is 29.7 Å². The fourth-order valence-electron chi connectivity index (χ4n) is 2.11. The third kappa shape index (κ3) is 1.48. The zero-order chi connectivity index (χ0) is 12.9. The van der Waals surface area contributed by atoms with E-state index in [2.05, 4.69) is 10.1 Å². The molecule has 0 saturated heterocycles. The number of anilines is 1. The molecule has 2 N–H and O–H groups in total. The van der Waals surface area contributed by atoms with Gasteiger partial charge in [-0.3, -0.25) is 4.68 Å². The lowest BCUT2D eigenvalue weighted by molar-refractivity contribution is 0.561. The first-order valence-corrected chi connectivity index (χ1v) is 5.73. The van der Waals surface area contributed by atoms with Crippen molar-refractivity contribution < 1.29 is 4.42 Å². The molecule has 0 unspecified atom stereocenters. The molecule has 92 valence electrons. The van der Waals surface area contributed by atoms with Crippen LogP contribution in [0.15, 0.2) is 22.6 Å². The molecule has 0 radical (unpaired) electrons. The summed E-state index contributed by atoms with van der Waals surface area (Å²) in [5.41, 5.74) is 10.4. The van der Waals surface area contributed by atoms with Gasteiger partial charge in [0.15, 0.2) is 11.5 Å². The molecule has 5 nitrogen and oxygen atoms in total. The van der Waals surface area contributed by atoms with Crippen LogP contribution in [0.5, 0.6) is 0 Å². The minimum absolute atomic E-state index is 0.666. The first-order chi connectivity index (χ1) is 8.56. The van der Waals surface area contributed by atoms with E-state index in [0.717, 1.165) is 27.9 Å². The summed E-state index contributed by atoms with van der Waals surface area (Å²) in [6, 6.07) is 5.86. The fourth-order valence-corrected chi connectivity index (χ4v) is 2.11. The van der Waals surface area contributed by atoms with Gasteiger partial charge in [0.1, 0.15) is 11.3 Å². The number of oxazole rings is 1. The predicted molar refractivity (Wildman–Crippen MR) is 70.1 cm³/mol. The Morgan fingerprint density at radius 1 is 1.28 bits per heavy atom. The van der Waals surface area contributed by atoms with Crippen molar-refractivity contribution in [2.45, 2.75) is 13.8 Å². The van der Waals surface area contributed by atoms with Crippen molar-refractivity contribution in [3.8, 4) is 11.3 Å². The van der Waals surface area contributed by atoms with E-state index in [1.54, 1.807) is 4.68 Å². The van der Waals surface area contributed by atoms with E-state index in [0.29, 0.717) is 11.7 Å². The van der Waals surface area contributed by atoms with Crippen LogP contribution in [0.3, 0.4) is 0 Å². The molecule has 5 heteroatoms. The highest BCUT2D eigenvalue weighted by atomic mass is 16.3. The molecule has 18 heavy (non-hydrogen) atoms. The number of rotatable bonds is 1. The molecule has 0 bridgehead atoms. The standard InChI is InChI=1S/C13H14N4O/c1-7-12(16-17(3)13(7)14)9-4-5-11-10(6-9)15-8(2)18-11/h4-6H,14H2,1-3H3. The summed E-state index contributed by atoms with van der Waals surface area (Å²) in [5, 5.41) is 4.43. The van der Waals surface area contributed by atoms with Gasteiger partial charge in [-0.15, -0.1) is 0 Å². The Balaban J connectivity index is 2.21. The number of aryl methyl sites for hydroxylation is 2. The second-order valence-electron chi connectivity index (χ2n) is 4.40. The van der Waals surface area contributed by atoms with E-state index in [4.69, 9.17) is 10.2 Å². The van der Waals surface area contributed by atoms with Crippen LogP contribution in [0, 0.1) is 13.8 Å². The van der Waals surface area contributed by atoms with Gasteiger partial charge in [0.05, 0.1) is 5.69 Å². The molecular weight excluding hydrogens is 228 g/mol. The van der Waals surface area contributed by atoms with E-state index < -0.39 is 0 Å². The summed E-state index contributed by atoms with van der Waals surface area (Å²) in [5.74, 6) is 1.35. The lowest BCUT2D eigenvalue weighted by Crippen LogP contribution is -1.97. The first-order valence-electron chi connectivity index (χ1n) is 5.73. The average Bonchev–Trinajstić information content (AvgIpc) is 2.82. The number of aromatic nitrogens is 3. The molecular formula is C13H14N4O. The summed E-state index contributed by atoms with van der Waals surface area (Å²) >= 11 is 0. The van der Waals surface area contributed by atoms with Gasteiger partial charge in [0, 0.05) is 25.1 Å². The maximum absolute atomic E-state index is 5.92. The van der Waals surface area contributed by atoms with Crippen LogP contribution in [0.4, 0.5) is 5.82 Å². The van der Waals surface area contributed by atoms with Crippen LogP contribution in [-0.4, -0.2) is 14.8 Å². The van der Waals surface area contributed by atoms with Gasteiger partial charge >= 0.3 is 0 Å². The molecule has 2 heterocycles. The van der Waals surface area contributed by atoms with Crippen molar-refractivity contribution in [1.29, 1.82) is 0 Å². The van der Waals surface area contributed by atoms with E-state index in [9.17, 15) is 0 Å². The van der Waals surface area contributed by atoms with Crippen LogP contribution >= 0.6 is 0 Å². The van der Waals surface area contributed by atoms with Crippen LogP contribution in [-0.2, 0) is 7.05 Å². The van der Waals surface area contributed by atoms with Crippen molar-refractivity contribution in [2.24, 2.45) is 7.05 Å². The number of fused-ring (bicyclic) bond motifs is 1. The molecule has 1 aromatic carbocycles. The highest BCUT2D eigenvalue weighted by molar-refractivity contribution is 5.81. The zero-order valence-electron chi connectivity index (χ0n) is 10.6. The molecule has 0 aliphatic carbocycles. The Hall–Kier alpha value is -2.30. The molecule has 0 spiro atoms. The maximum Gasteiger partial charge on any atom is 0.192 e. The molecule has 3 rings (SSSR count). The maximum atomic E-state index is 5.92. The summed E-state index contributed by atoms with van der Waals surface area (Å²) in [4.78, 5) is 4.33. The Morgan fingerprint density at radius 3 is 2.72 bits per heavy atom. The Labute approximate surface area is 104 Å². The van der Waals surface area contributed by atoms with Gasteiger partial charge in [-0.2, -0.15) is 5.10 Å². The molecule has 0 aliphatic heterocycles. The van der Waals surface area contributed by atoms with Crippen molar-refractivity contribution in [2.75, 3.05) is 5.73 Å². The average molecular weight is 242 g/mol. The van der Waals surface area contributed by atoms with E-state index >= 15 is 0 Å². The topological polar surface area (TPSA) is 69.9 Å². The molecule has 0 atom stereocenters. The van der Waals surface area contributed by atoms with Crippen LogP contribution < -0.4 is 5.73 Å². The number of hydrogen-bond acceptors (Lipinski definition) is 4. The van der Waals surface area contributed by atoms with E-state index in [1.165, 1.54) is 0 Å². The van der Waals surface area contributed by atoms with E-state index in [-0.39, 0.29) is 0 Å². The Morgan fingerprint density at radius 2 is 2.06 bits per heavy atom. The number of nitrogen functional groups attached to an aromatic ring is 1. The molecule has 0 aliphatic rings. The Bertz CT molecular complexity index is 739. The largest absolute Gasteiger partial charge is 0.441 e. The molecule has 2 aromatic heterocycles. The molecule has 0 amide bonds. The summed E-state index contributed by atoms with van der Waals surface area (Å²) < 4.78 is 7.14. The van der Waals surface area contributed by atoms with Crippen LogP contribution in [0.2, 0.25) is 0 Å². The number of nitrogens with two attached hydrogens (primary N) is 1. The number of nitrogens with zero attached hydrogens (tertiary/aromatic N) is 3. The highest BCUT2D eigenvalue weighted by Gasteiger charge is 2.13. The lowest BCUT2D eigenvalue weighted by Gasteiger charge is -1.97. The van der Waals surface area contributed by atoms with Crippen LogP contribution in [0.1, 0.15) is 11.5 Å². The fraction of sp³-hybridized carbons (Fsp3) is 0.231. The second kappa shape index (κ2) is 3.60. The summed E-state index contributed by atoms with van der Waals surface area (Å²) in [6.45, 7) is 3.81. The summed E-state index contributed by atoms with van der Waals surface area (Å²) in [7, 11) is 1.84. The SMILES string of the molecule is Cc1nc2cc(-c3nn(C)c(N)c3C)ccc2o1. The van der Waals surface area contributed by atoms with Gasteiger partial charge in [-0.25, -0.2) is 4.98 Å². The van der Waals surface area contributed by atoms with Gasteiger partial charge in [-0.1, -0.05) is 0 Å². The normalized spacial score (nSPS) is 11.3. The van der Waals surface area contributed by atoms with Crippen LogP contribution in [0.25, 0.3) is 22.4 Å². The van der Waals surface area contributed by atoms with Gasteiger partial charge < -0.3 is 10.2 Å². The van der Waals surface area contributed by atoms with Crippen molar-refractivity contribution >= 4 is 16.9 Å². The second-order valence-corrected chi connectivity index (χ2v) is 4.40. The van der Waals surface area contributed by atoms with Crippen molar-refractivity contribution in [1.82, 2.24) is 14.8 Å². The predicted octanol–water partition coefficient (Wildman–Crippen LogP) is 2.43. The van der Waals surface area contributed by atoms with Gasteiger partial charge in [0.25, 0.3) is 0 Å². The third-order valence-electron chi connectivity index (χ3n) is 3.11. The Kier molecular flexibility index (Phi) is 2.16. The van der Waals surface area contributed by atoms with Gasteiger partial charge in [-0.05, 0) is 25.1 Å².